The Balaban J connectivity index is 2.38. The van der Waals surface area contributed by atoms with E-state index in [0.717, 1.165) is 12.8 Å². The van der Waals surface area contributed by atoms with Gasteiger partial charge in [-0.15, -0.1) is 0 Å². The third kappa shape index (κ3) is 4.38. The Morgan fingerprint density at radius 3 is 2.42 bits per heavy atom. The van der Waals surface area contributed by atoms with E-state index in [1.54, 1.807) is 11.8 Å². The summed E-state index contributed by atoms with van der Waals surface area (Å²) in [6.45, 7) is 7.40. The summed E-state index contributed by atoms with van der Waals surface area (Å²) in [6, 6.07) is 0.115. The molecule has 0 aromatic rings. The maximum atomic E-state index is 12.0. The van der Waals surface area contributed by atoms with E-state index in [1.807, 2.05) is 13.8 Å². The van der Waals surface area contributed by atoms with Crippen LogP contribution in [0.4, 0.5) is 4.79 Å². The van der Waals surface area contributed by atoms with E-state index in [4.69, 9.17) is 10.5 Å². The zero-order valence-electron chi connectivity index (χ0n) is 12.1. The summed E-state index contributed by atoms with van der Waals surface area (Å²) >= 11 is 0. The highest BCUT2D eigenvalue weighted by Crippen LogP contribution is 2.16. The lowest BCUT2D eigenvalue weighted by molar-refractivity contribution is -0.129. The van der Waals surface area contributed by atoms with Gasteiger partial charge in [0.15, 0.2) is 0 Å². The molecule has 0 spiro atoms. The fourth-order valence-electron chi connectivity index (χ4n) is 1.89. The molecule has 2 amide bonds. The van der Waals surface area contributed by atoms with Crippen LogP contribution in [0.15, 0.2) is 0 Å². The van der Waals surface area contributed by atoms with Gasteiger partial charge in [-0.05, 0) is 33.6 Å². The number of carbonyl (C=O) groups excluding carboxylic acids is 2. The van der Waals surface area contributed by atoms with Crippen LogP contribution in [0, 0.1) is 5.41 Å². The summed E-state index contributed by atoms with van der Waals surface area (Å²) in [4.78, 5) is 25.2. The molecule has 0 aromatic heterocycles. The Hall–Kier alpha value is -1.30. The SMILES string of the molecule is CCOC(=O)N1CCC(NC(=O)C(C)(C)CN)CC1. The average Bonchev–Trinajstić information content (AvgIpc) is 2.39. The number of nitrogens with two attached hydrogens (primary N) is 1. The molecule has 6 heteroatoms. The number of hydrogen-bond donors (Lipinski definition) is 2. The van der Waals surface area contributed by atoms with E-state index in [9.17, 15) is 9.59 Å². The molecular weight excluding hydrogens is 246 g/mol. The van der Waals surface area contributed by atoms with Gasteiger partial charge in [0.1, 0.15) is 0 Å². The van der Waals surface area contributed by atoms with Gasteiger partial charge in [0, 0.05) is 25.7 Å². The molecule has 0 bridgehead atoms. The first-order chi connectivity index (χ1) is 8.90. The van der Waals surface area contributed by atoms with Gasteiger partial charge in [-0.1, -0.05) is 0 Å². The van der Waals surface area contributed by atoms with Crippen molar-refractivity contribution in [2.45, 2.75) is 39.7 Å². The molecule has 1 fully saturated rings. The first-order valence-corrected chi connectivity index (χ1v) is 6.83. The van der Waals surface area contributed by atoms with Crippen LogP contribution < -0.4 is 11.1 Å². The molecule has 19 heavy (non-hydrogen) atoms. The Morgan fingerprint density at radius 2 is 1.95 bits per heavy atom. The molecule has 6 nitrogen and oxygen atoms in total. The van der Waals surface area contributed by atoms with Crippen molar-refractivity contribution in [2.75, 3.05) is 26.2 Å². The van der Waals surface area contributed by atoms with Gasteiger partial charge in [0.2, 0.25) is 5.91 Å². The topological polar surface area (TPSA) is 84.7 Å². The number of carbonyl (C=O) groups is 2. The highest BCUT2D eigenvalue weighted by atomic mass is 16.6. The molecule has 0 radical (unpaired) electrons. The Bertz CT molecular complexity index is 323. The number of nitrogens with one attached hydrogen (secondary N) is 1. The monoisotopic (exact) mass is 271 g/mol. The Labute approximate surface area is 114 Å². The molecule has 0 saturated carbocycles. The number of piperidine rings is 1. The number of ether oxygens (including phenoxy) is 1. The fraction of sp³-hybridized carbons (Fsp3) is 0.846. The molecule has 1 rings (SSSR count). The van der Waals surface area contributed by atoms with Crippen LogP contribution in [0.25, 0.3) is 0 Å². The lowest BCUT2D eigenvalue weighted by atomic mass is 9.91. The van der Waals surface area contributed by atoms with Crippen molar-refractivity contribution in [3.05, 3.63) is 0 Å². The quantitative estimate of drug-likeness (QED) is 0.788. The summed E-state index contributed by atoms with van der Waals surface area (Å²) in [7, 11) is 0. The second-order valence-electron chi connectivity index (χ2n) is 5.52. The molecule has 0 aliphatic carbocycles. The summed E-state index contributed by atoms with van der Waals surface area (Å²) in [5.41, 5.74) is 5.03. The Kier molecular flexibility index (Phi) is 5.60. The summed E-state index contributed by atoms with van der Waals surface area (Å²) in [5.74, 6) is -0.0235. The zero-order chi connectivity index (χ0) is 14.5. The van der Waals surface area contributed by atoms with Gasteiger partial charge >= 0.3 is 6.09 Å². The fourth-order valence-corrected chi connectivity index (χ4v) is 1.89. The standard InChI is InChI=1S/C13H25N3O3/c1-4-19-12(18)16-7-5-10(6-8-16)15-11(17)13(2,3)9-14/h10H,4-9,14H2,1-3H3,(H,15,17). The summed E-state index contributed by atoms with van der Waals surface area (Å²) < 4.78 is 4.95. The van der Waals surface area contributed by atoms with E-state index in [1.165, 1.54) is 0 Å². The third-order valence-corrected chi connectivity index (χ3v) is 3.48. The van der Waals surface area contributed by atoms with Gasteiger partial charge in [-0.3, -0.25) is 4.79 Å². The molecule has 1 aliphatic rings. The zero-order valence-corrected chi connectivity index (χ0v) is 12.1. The minimum Gasteiger partial charge on any atom is -0.450 e. The van der Waals surface area contributed by atoms with Crippen molar-refractivity contribution in [2.24, 2.45) is 11.1 Å². The molecule has 0 unspecified atom stereocenters. The van der Waals surface area contributed by atoms with Crippen molar-refractivity contribution in [3.8, 4) is 0 Å². The number of likely N-dealkylation sites (tertiary alicyclic amines) is 1. The predicted molar refractivity (Wildman–Crippen MR) is 72.6 cm³/mol. The van der Waals surface area contributed by atoms with E-state index in [-0.39, 0.29) is 18.0 Å². The van der Waals surface area contributed by atoms with Crippen LogP contribution in [0.2, 0.25) is 0 Å². The number of rotatable bonds is 4. The van der Waals surface area contributed by atoms with E-state index in [2.05, 4.69) is 5.32 Å². The van der Waals surface area contributed by atoms with Crippen LogP contribution in [0.3, 0.4) is 0 Å². The molecule has 3 N–H and O–H groups in total. The van der Waals surface area contributed by atoms with Crippen LogP contribution in [-0.4, -0.2) is 49.2 Å². The van der Waals surface area contributed by atoms with E-state index < -0.39 is 5.41 Å². The van der Waals surface area contributed by atoms with Crippen molar-refractivity contribution in [3.63, 3.8) is 0 Å². The second kappa shape index (κ2) is 6.75. The smallest absolute Gasteiger partial charge is 0.409 e. The minimum absolute atomic E-state index is 0.0235. The third-order valence-electron chi connectivity index (χ3n) is 3.48. The van der Waals surface area contributed by atoms with E-state index >= 15 is 0 Å². The lowest BCUT2D eigenvalue weighted by Crippen LogP contribution is -2.50. The molecule has 1 aliphatic heterocycles. The maximum absolute atomic E-state index is 12.0. The molecule has 1 heterocycles. The van der Waals surface area contributed by atoms with Crippen molar-refractivity contribution >= 4 is 12.0 Å². The molecule has 1 saturated heterocycles. The van der Waals surface area contributed by atoms with E-state index in [0.29, 0.717) is 26.2 Å². The normalized spacial score (nSPS) is 17.2. The summed E-state index contributed by atoms with van der Waals surface area (Å²) in [6.07, 6.45) is 1.24. The van der Waals surface area contributed by atoms with Crippen LogP contribution in [0.5, 0.6) is 0 Å². The largest absolute Gasteiger partial charge is 0.450 e. The van der Waals surface area contributed by atoms with Gasteiger partial charge < -0.3 is 20.7 Å². The van der Waals surface area contributed by atoms with Crippen LogP contribution in [-0.2, 0) is 9.53 Å². The first-order valence-electron chi connectivity index (χ1n) is 6.83. The maximum Gasteiger partial charge on any atom is 0.409 e. The van der Waals surface area contributed by atoms with Crippen LogP contribution in [0.1, 0.15) is 33.6 Å². The second-order valence-corrected chi connectivity index (χ2v) is 5.52. The van der Waals surface area contributed by atoms with Crippen molar-refractivity contribution in [1.82, 2.24) is 10.2 Å². The molecule has 0 atom stereocenters. The van der Waals surface area contributed by atoms with Crippen molar-refractivity contribution in [1.29, 1.82) is 0 Å². The number of hydrogen-bond acceptors (Lipinski definition) is 4. The number of amides is 2. The molecule has 110 valence electrons. The average molecular weight is 271 g/mol. The molecule has 0 aromatic carbocycles. The van der Waals surface area contributed by atoms with Gasteiger partial charge in [0.05, 0.1) is 12.0 Å². The van der Waals surface area contributed by atoms with Gasteiger partial charge in [-0.25, -0.2) is 4.79 Å². The van der Waals surface area contributed by atoms with Crippen molar-refractivity contribution < 1.29 is 14.3 Å². The number of nitrogens with zero attached hydrogens (tertiary/aromatic N) is 1. The minimum atomic E-state index is -0.543. The predicted octanol–water partition coefficient (Wildman–Crippen LogP) is 0.708. The Morgan fingerprint density at radius 1 is 1.37 bits per heavy atom. The highest BCUT2D eigenvalue weighted by molar-refractivity contribution is 5.82. The molecular formula is C13H25N3O3. The highest BCUT2D eigenvalue weighted by Gasteiger charge is 2.30. The van der Waals surface area contributed by atoms with Crippen LogP contribution >= 0.6 is 0 Å². The summed E-state index contributed by atoms with van der Waals surface area (Å²) in [5, 5.41) is 3.00. The first kappa shape index (κ1) is 15.8. The van der Waals surface area contributed by atoms with Gasteiger partial charge in [0.25, 0.3) is 0 Å². The van der Waals surface area contributed by atoms with Gasteiger partial charge in [-0.2, -0.15) is 0 Å². The lowest BCUT2D eigenvalue weighted by Gasteiger charge is -2.33.